The zero-order valence-electron chi connectivity index (χ0n) is 3.32. The molecular formula is C4H2ClIS. The van der Waals surface area contributed by atoms with Crippen LogP contribution in [0.5, 0.6) is 0 Å². The molecule has 1 rings (SSSR count). The maximum absolute atomic E-state index is 5.57. The zero-order chi connectivity index (χ0) is 5.28. The number of rotatable bonds is 0. The minimum atomic E-state index is 0.865. The van der Waals surface area contributed by atoms with E-state index >= 15 is 0 Å². The van der Waals surface area contributed by atoms with Gasteiger partial charge in [-0.25, -0.2) is 0 Å². The fourth-order valence-corrected chi connectivity index (χ4v) is 2.12. The van der Waals surface area contributed by atoms with Crippen LogP contribution in [0.3, 0.4) is 0 Å². The van der Waals surface area contributed by atoms with Gasteiger partial charge in [-0.1, -0.05) is 11.6 Å². The van der Waals surface area contributed by atoms with Crippen LogP contribution in [-0.4, -0.2) is 0 Å². The summed E-state index contributed by atoms with van der Waals surface area (Å²) in [5, 5.41) is 2.02. The highest BCUT2D eigenvalue weighted by molar-refractivity contribution is 14.1. The number of thiophene rings is 1. The minimum Gasteiger partial charge on any atom is -0.131 e. The van der Waals surface area contributed by atoms with Crippen LogP contribution in [0.2, 0.25) is 4.34 Å². The van der Waals surface area contributed by atoms with Crippen LogP contribution in [0.25, 0.3) is 0 Å². The lowest BCUT2D eigenvalue weighted by atomic mass is 10.7. The molecule has 1 heterocycles. The molecule has 0 saturated heterocycles. The van der Waals surface area contributed by atoms with Crippen molar-refractivity contribution in [3.63, 3.8) is 0 Å². The average molecular weight is 244 g/mol. The average Bonchev–Trinajstić information content (AvgIpc) is 1.87. The fourth-order valence-electron chi connectivity index (χ4n) is 0.289. The smallest absolute Gasteiger partial charge is 0.0939 e. The second-order valence-corrected chi connectivity index (χ2v) is 3.86. The molecule has 1 aromatic heterocycles. The molecular weight excluding hydrogens is 242 g/mol. The van der Waals surface area contributed by atoms with Crippen molar-refractivity contribution in [3.05, 3.63) is 19.4 Å². The van der Waals surface area contributed by atoms with E-state index in [1.165, 1.54) is 3.57 Å². The quantitative estimate of drug-likeness (QED) is 0.616. The number of hydrogen-bond acceptors (Lipinski definition) is 1. The Balaban J connectivity index is 3.04. The van der Waals surface area contributed by atoms with Crippen molar-refractivity contribution >= 4 is 45.5 Å². The van der Waals surface area contributed by atoms with E-state index in [1.807, 2.05) is 11.4 Å². The van der Waals surface area contributed by atoms with Crippen molar-refractivity contribution < 1.29 is 0 Å². The second kappa shape index (κ2) is 2.33. The van der Waals surface area contributed by atoms with Crippen LogP contribution >= 0.6 is 45.5 Å². The molecule has 0 saturated carbocycles. The maximum Gasteiger partial charge on any atom is 0.0939 e. The third-order valence-corrected chi connectivity index (χ3v) is 2.67. The van der Waals surface area contributed by atoms with Gasteiger partial charge in [0.25, 0.3) is 0 Å². The summed E-state index contributed by atoms with van der Waals surface area (Å²) in [4.78, 5) is 0. The van der Waals surface area contributed by atoms with Crippen LogP contribution < -0.4 is 0 Å². The Morgan fingerprint density at radius 3 is 2.57 bits per heavy atom. The monoisotopic (exact) mass is 244 g/mol. The Kier molecular flexibility index (Phi) is 1.94. The number of hydrogen-bond donors (Lipinski definition) is 0. The molecule has 0 radical (unpaired) electrons. The van der Waals surface area contributed by atoms with E-state index in [4.69, 9.17) is 11.6 Å². The van der Waals surface area contributed by atoms with Gasteiger partial charge in [-0.3, -0.25) is 0 Å². The first kappa shape index (κ1) is 5.85. The highest BCUT2D eigenvalue weighted by atomic mass is 127. The Bertz CT molecular complexity index is 144. The molecule has 0 amide bonds. The Morgan fingerprint density at radius 1 is 1.71 bits per heavy atom. The maximum atomic E-state index is 5.57. The van der Waals surface area contributed by atoms with E-state index < -0.39 is 0 Å². The molecule has 0 aliphatic rings. The van der Waals surface area contributed by atoms with Gasteiger partial charge in [-0.15, -0.1) is 11.3 Å². The van der Waals surface area contributed by atoms with Gasteiger partial charge < -0.3 is 0 Å². The summed E-state index contributed by atoms with van der Waals surface area (Å²) in [5.41, 5.74) is 0. The van der Waals surface area contributed by atoms with Crippen LogP contribution in [-0.2, 0) is 0 Å². The van der Waals surface area contributed by atoms with Crippen molar-refractivity contribution in [3.8, 4) is 0 Å². The molecule has 0 atom stereocenters. The first-order valence-corrected chi connectivity index (χ1v) is 4.02. The van der Waals surface area contributed by atoms with E-state index in [9.17, 15) is 0 Å². The van der Waals surface area contributed by atoms with Gasteiger partial charge in [0, 0.05) is 8.95 Å². The third-order valence-electron chi connectivity index (χ3n) is 0.535. The Labute approximate surface area is 64.6 Å². The molecule has 0 spiro atoms. The Morgan fingerprint density at radius 2 is 2.43 bits per heavy atom. The molecule has 0 aliphatic carbocycles. The van der Waals surface area contributed by atoms with Crippen molar-refractivity contribution in [2.75, 3.05) is 0 Å². The lowest BCUT2D eigenvalue weighted by Gasteiger charge is -1.66. The lowest BCUT2D eigenvalue weighted by molar-refractivity contribution is 1.89. The Hall–Kier alpha value is 0.720. The predicted molar refractivity (Wildman–Crippen MR) is 42.0 cm³/mol. The van der Waals surface area contributed by atoms with E-state index in [2.05, 4.69) is 22.6 Å². The summed E-state index contributed by atoms with van der Waals surface area (Å²) >= 11 is 9.36. The van der Waals surface area contributed by atoms with E-state index in [0.29, 0.717) is 0 Å². The first-order valence-electron chi connectivity index (χ1n) is 1.68. The topological polar surface area (TPSA) is 0 Å². The van der Waals surface area contributed by atoms with E-state index in [1.54, 1.807) is 11.3 Å². The SMILES string of the molecule is Clc1cc(I)cs1. The van der Waals surface area contributed by atoms with E-state index in [-0.39, 0.29) is 0 Å². The molecule has 0 aliphatic heterocycles. The molecule has 0 nitrogen and oxygen atoms in total. The lowest BCUT2D eigenvalue weighted by Crippen LogP contribution is -1.46. The third kappa shape index (κ3) is 1.58. The summed E-state index contributed by atoms with van der Waals surface area (Å²) in [7, 11) is 0. The van der Waals surface area contributed by atoms with Gasteiger partial charge >= 0.3 is 0 Å². The van der Waals surface area contributed by atoms with Crippen LogP contribution in [0.1, 0.15) is 0 Å². The molecule has 7 heavy (non-hydrogen) atoms. The van der Waals surface area contributed by atoms with Gasteiger partial charge in [0.2, 0.25) is 0 Å². The normalized spacial score (nSPS) is 9.43. The standard InChI is InChI=1S/C4H2ClIS/c5-4-1-3(6)2-7-4/h1-2H. The summed E-state index contributed by atoms with van der Waals surface area (Å²) in [6.45, 7) is 0. The second-order valence-electron chi connectivity index (χ2n) is 1.07. The fraction of sp³-hybridized carbons (Fsp3) is 0. The van der Waals surface area contributed by atoms with Gasteiger partial charge in [-0.05, 0) is 28.7 Å². The van der Waals surface area contributed by atoms with E-state index in [0.717, 1.165) is 4.34 Å². The van der Waals surface area contributed by atoms with Gasteiger partial charge in [0.1, 0.15) is 0 Å². The summed E-state index contributed by atoms with van der Waals surface area (Å²) in [6, 6.07) is 1.94. The van der Waals surface area contributed by atoms with Crippen LogP contribution in [0.4, 0.5) is 0 Å². The molecule has 38 valence electrons. The highest BCUT2D eigenvalue weighted by Gasteiger charge is 1.88. The van der Waals surface area contributed by atoms with Gasteiger partial charge in [0.05, 0.1) is 4.34 Å². The molecule has 0 aromatic carbocycles. The molecule has 0 N–H and O–H groups in total. The zero-order valence-corrected chi connectivity index (χ0v) is 7.05. The molecule has 0 fully saturated rings. The largest absolute Gasteiger partial charge is 0.131 e. The van der Waals surface area contributed by atoms with Gasteiger partial charge in [-0.2, -0.15) is 0 Å². The summed E-state index contributed by atoms with van der Waals surface area (Å²) in [5.74, 6) is 0. The first-order chi connectivity index (χ1) is 3.29. The minimum absolute atomic E-state index is 0.865. The van der Waals surface area contributed by atoms with Crippen molar-refractivity contribution in [2.45, 2.75) is 0 Å². The van der Waals surface area contributed by atoms with Crippen molar-refractivity contribution in [2.24, 2.45) is 0 Å². The van der Waals surface area contributed by atoms with Crippen molar-refractivity contribution in [1.82, 2.24) is 0 Å². The summed E-state index contributed by atoms with van der Waals surface area (Å²) < 4.78 is 2.08. The molecule has 0 unspecified atom stereocenters. The van der Waals surface area contributed by atoms with Crippen LogP contribution in [0, 0.1) is 3.57 Å². The predicted octanol–water partition coefficient (Wildman–Crippen LogP) is 3.01. The molecule has 0 bridgehead atoms. The van der Waals surface area contributed by atoms with Gasteiger partial charge in [0.15, 0.2) is 0 Å². The molecule has 3 heteroatoms. The highest BCUT2D eigenvalue weighted by Crippen LogP contribution is 2.20. The summed E-state index contributed by atoms with van der Waals surface area (Å²) in [6.07, 6.45) is 0. The number of halogens is 2. The van der Waals surface area contributed by atoms with Crippen molar-refractivity contribution in [1.29, 1.82) is 0 Å². The molecule has 1 aromatic rings. The van der Waals surface area contributed by atoms with Crippen LogP contribution in [0.15, 0.2) is 11.4 Å².